The number of rotatable bonds is 3. The summed E-state index contributed by atoms with van der Waals surface area (Å²) in [4.78, 5) is 0. The molecule has 100 valence electrons. The fraction of sp³-hybridized carbons (Fsp3) is 0.200. The lowest BCUT2D eigenvalue weighted by molar-refractivity contribution is 0.219. The normalized spacial score (nSPS) is 12.2. The standard InChI is InChI=1S/C15H16FNO2/c1-9-7-11(19-2)4-5-12(9)15(18)13-8-10(16)3-6-14(13)17/h3-8,15,18H,17H2,1-2H3. The SMILES string of the molecule is COc1ccc(C(O)c2cc(F)ccc2N)c(C)c1. The molecule has 0 fully saturated rings. The number of halogens is 1. The number of aliphatic hydroxyl groups is 1. The fourth-order valence-electron chi connectivity index (χ4n) is 2.03. The van der Waals surface area contributed by atoms with Gasteiger partial charge in [0, 0.05) is 11.3 Å². The van der Waals surface area contributed by atoms with Gasteiger partial charge in [-0.3, -0.25) is 0 Å². The smallest absolute Gasteiger partial charge is 0.123 e. The summed E-state index contributed by atoms with van der Waals surface area (Å²) in [6, 6.07) is 9.29. The zero-order valence-corrected chi connectivity index (χ0v) is 10.9. The van der Waals surface area contributed by atoms with E-state index < -0.39 is 11.9 Å². The number of anilines is 1. The van der Waals surface area contributed by atoms with Gasteiger partial charge in [0.2, 0.25) is 0 Å². The monoisotopic (exact) mass is 261 g/mol. The number of nitrogen functional groups attached to an aromatic ring is 1. The maximum absolute atomic E-state index is 13.3. The summed E-state index contributed by atoms with van der Waals surface area (Å²) >= 11 is 0. The third-order valence-corrected chi connectivity index (χ3v) is 3.11. The van der Waals surface area contributed by atoms with Crippen molar-refractivity contribution < 1.29 is 14.2 Å². The first kappa shape index (κ1) is 13.4. The third kappa shape index (κ3) is 2.69. The molecule has 0 saturated carbocycles. The van der Waals surface area contributed by atoms with E-state index >= 15 is 0 Å². The highest BCUT2D eigenvalue weighted by Gasteiger charge is 2.16. The van der Waals surface area contributed by atoms with Crippen molar-refractivity contribution in [2.24, 2.45) is 0 Å². The minimum atomic E-state index is -0.957. The van der Waals surface area contributed by atoms with E-state index in [4.69, 9.17) is 10.5 Å². The fourth-order valence-corrected chi connectivity index (χ4v) is 2.03. The molecule has 2 aromatic rings. The maximum Gasteiger partial charge on any atom is 0.123 e. The lowest BCUT2D eigenvalue weighted by Crippen LogP contribution is -2.06. The zero-order chi connectivity index (χ0) is 14.0. The Morgan fingerprint density at radius 3 is 2.53 bits per heavy atom. The second-order valence-corrected chi connectivity index (χ2v) is 4.40. The minimum Gasteiger partial charge on any atom is -0.497 e. The number of methoxy groups -OCH3 is 1. The van der Waals surface area contributed by atoms with E-state index in [1.807, 2.05) is 13.0 Å². The summed E-state index contributed by atoms with van der Waals surface area (Å²) in [7, 11) is 1.58. The van der Waals surface area contributed by atoms with Gasteiger partial charge in [0.25, 0.3) is 0 Å². The molecule has 0 heterocycles. The number of hydrogen-bond donors (Lipinski definition) is 2. The van der Waals surface area contributed by atoms with Crippen molar-refractivity contribution in [1.29, 1.82) is 0 Å². The highest BCUT2D eigenvalue weighted by molar-refractivity contribution is 5.52. The van der Waals surface area contributed by atoms with Gasteiger partial charge in [-0.25, -0.2) is 4.39 Å². The highest BCUT2D eigenvalue weighted by Crippen LogP contribution is 2.30. The number of aliphatic hydroxyl groups excluding tert-OH is 1. The molecule has 0 aromatic heterocycles. The molecule has 0 saturated heterocycles. The van der Waals surface area contributed by atoms with Gasteiger partial charge in [-0.05, 0) is 48.4 Å². The van der Waals surface area contributed by atoms with Gasteiger partial charge in [-0.1, -0.05) is 6.07 Å². The van der Waals surface area contributed by atoms with Gasteiger partial charge in [-0.15, -0.1) is 0 Å². The van der Waals surface area contributed by atoms with Gasteiger partial charge in [0.15, 0.2) is 0 Å². The van der Waals surface area contributed by atoms with E-state index in [0.717, 1.165) is 5.56 Å². The molecule has 0 aliphatic heterocycles. The molecule has 2 aromatic carbocycles. The molecule has 2 rings (SSSR count). The van der Waals surface area contributed by atoms with Crippen molar-refractivity contribution in [2.75, 3.05) is 12.8 Å². The van der Waals surface area contributed by atoms with Crippen LogP contribution in [0.3, 0.4) is 0 Å². The molecule has 1 unspecified atom stereocenters. The number of ether oxygens (including phenoxy) is 1. The van der Waals surface area contributed by atoms with Gasteiger partial charge >= 0.3 is 0 Å². The van der Waals surface area contributed by atoms with Crippen LogP contribution in [0.25, 0.3) is 0 Å². The summed E-state index contributed by atoms with van der Waals surface area (Å²) in [5.41, 5.74) is 8.05. The third-order valence-electron chi connectivity index (χ3n) is 3.11. The molecule has 0 radical (unpaired) electrons. The van der Waals surface area contributed by atoms with Crippen molar-refractivity contribution in [3.05, 3.63) is 58.9 Å². The Bertz CT molecular complexity index is 599. The Hall–Kier alpha value is -2.07. The number of nitrogens with two attached hydrogens (primary N) is 1. The zero-order valence-electron chi connectivity index (χ0n) is 10.9. The Kier molecular flexibility index (Phi) is 3.71. The van der Waals surface area contributed by atoms with Crippen LogP contribution < -0.4 is 10.5 Å². The first-order valence-corrected chi connectivity index (χ1v) is 5.90. The van der Waals surface area contributed by atoms with Crippen LogP contribution in [0.2, 0.25) is 0 Å². The first-order valence-electron chi connectivity index (χ1n) is 5.90. The second kappa shape index (κ2) is 5.28. The largest absolute Gasteiger partial charge is 0.497 e. The molecule has 0 spiro atoms. The lowest BCUT2D eigenvalue weighted by Gasteiger charge is -2.17. The first-order chi connectivity index (χ1) is 9.02. The summed E-state index contributed by atoms with van der Waals surface area (Å²) in [6.45, 7) is 1.86. The van der Waals surface area contributed by atoms with Crippen molar-refractivity contribution in [3.63, 3.8) is 0 Å². The van der Waals surface area contributed by atoms with Crippen LogP contribution in [0.15, 0.2) is 36.4 Å². The Labute approximate surface area is 111 Å². The van der Waals surface area contributed by atoms with E-state index in [1.54, 1.807) is 19.2 Å². The van der Waals surface area contributed by atoms with E-state index in [0.29, 0.717) is 22.6 Å². The molecule has 19 heavy (non-hydrogen) atoms. The van der Waals surface area contributed by atoms with Crippen LogP contribution in [0.4, 0.5) is 10.1 Å². The van der Waals surface area contributed by atoms with E-state index in [9.17, 15) is 9.50 Å². The Morgan fingerprint density at radius 1 is 1.16 bits per heavy atom. The Balaban J connectivity index is 2.43. The Morgan fingerprint density at radius 2 is 1.89 bits per heavy atom. The van der Waals surface area contributed by atoms with Gasteiger partial charge < -0.3 is 15.6 Å². The van der Waals surface area contributed by atoms with Crippen LogP contribution in [-0.2, 0) is 0 Å². The van der Waals surface area contributed by atoms with Gasteiger partial charge in [-0.2, -0.15) is 0 Å². The topological polar surface area (TPSA) is 55.5 Å². The van der Waals surface area contributed by atoms with Gasteiger partial charge in [0.1, 0.15) is 17.7 Å². The molecule has 0 bridgehead atoms. The second-order valence-electron chi connectivity index (χ2n) is 4.40. The number of hydrogen-bond acceptors (Lipinski definition) is 3. The van der Waals surface area contributed by atoms with Crippen LogP contribution in [-0.4, -0.2) is 12.2 Å². The average molecular weight is 261 g/mol. The summed E-state index contributed by atoms with van der Waals surface area (Å²) in [5.74, 6) is 0.287. The molecule has 0 amide bonds. The summed E-state index contributed by atoms with van der Waals surface area (Å²) in [6.07, 6.45) is -0.957. The molecular weight excluding hydrogens is 245 g/mol. The molecule has 0 aliphatic rings. The van der Waals surface area contributed by atoms with E-state index in [1.165, 1.54) is 18.2 Å². The van der Waals surface area contributed by atoms with Gasteiger partial charge in [0.05, 0.1) is 7.11 Å². The highest BCUT2D eigenvalue weighted by atomic mass is 19.1. The van der Waals surface area contributed by atoms with Crippen molar-refractivity contribution in [1.82, 2.24) is 0 Å². The molecule has 4 heteroatoms. The summed E-state index contributed by atoms with van der Waals surface area (Å²) < 4.78 is 18.4. The lowest BCUT2D eigenvalue weighted by atomic mass is 9.96. The predicted molar refractivity (Wildman–Crippen MR) is 72.6 cm³/mol. The van der Waals surface area contributed by atoms with Crippen LogP contribution >= 0.6 is 0 Å². The van der Waals surface area contributed by atoms with Crippen LogP contribution in [0, 0.1) is 12.7 Å². The van der Waals surface area contributed by atoms with Crippen LogP contribution in [0.5, 0.6) is 5.75 Å². The maximum atomic E-state index is 13.3. The predicted octanol–water partition coefficient (Wildman–Crippen LogP) is 2.81. The van der Waals surface area contributed by atoms with Crippen molar-refractivity contribution >= 4 is 5.69 Å². The number of aryl methyl sites for hydroxylation is 1. The molecule has 1 atom stereocenters. The molecule has 3 nitrogen and oxygen atoms in total. The van der Waals surface area contributed by atoms with E-state index in [-0.39, 0.29) is 0 Å². The van der Waals surface area contributed by atoms with Crippen molar-refractivity contribution in [3.8, 4) is 5.75 Å². The summed E-state index contributed by atoms with van der Waals surface area (Å²) in [5, 5.41) is 10.4. The van der Waals surface area contributed by atoms with Crippen molar-refractivity contribution in [2.45, 2.75) is 13.0 Å². The van der Waals surface area contributed by atoms with Crippen LogP contribution in [0.1, 0.15) is 22.8 Å². The average Bonchev–Trinajstić information content (AvgIpc) is 2.40. The quantitative estimate of drug-likeness (QED) is 0.835. The molecule has 0 aliphatic carbocycles. The van der Waals surface area contributed by atoms with E-state index in [2.05, 4.69) is 0 Å². The molecular formula is C15H16FNO2. The minimum absolute atomic E-state index is 0.365. The molecule has 3 N–H and O–H groups in total. The number of benzene rings is 2.